The first-order valence-electron chi connectivity index (χ1n) is 10.6. The zero-order chi connectivity index (χ0) is 21.8. The van der Waals surface area contributed by atoms with Crippen molar-refractivity contribution >= 4 is 34.4 Å². The van der Waals surface area contributed by atoms with Crippen molar-refractivity contribution in [2.75, 3.05) is 50.8 Å². The third kappa shape index (κ3) is 4.23. The molecule has 0 unspecified atom stereocenters. The minimum Gasteiger partial charge on any atom is -0.491 e. The summed E-state index contributed by atoms with van der Waals surface area (Å²) in [6.07, 6.45) is 0.832. The second-order valence-electron chi connectivity index (χ2n) is 7.52. The molecule has 4 rings (SSSR count). The van der Waals surface area contributed by atoms with Gasteiger partial charge in [0, 0.05) is 37.6 Å². The number of benzene rings is 1. The van der Waals surface area contributed by atoms with Crippen LogP contribution in [0.2, 0.25) is 0 Å². The normalized spacial score (nSPS) is 17.7. The predicted molar refractivity (Wildman–Crippen MR) is 121 cm³/mol. The summed E-state index contributed by atoms with van der Waals surface area (Å²) in [7, 11) is 0. The van der Waals surface area contributed by atoms with Crippen LogP contribution < -0.4 is 9.64 Å². The number of ether oxygens (including phenoxy) is 1. The molecule has 31 heavy (non-hydrogen) atoms. The maximum atomic E-state index is 13.7. The number of hydrogen-bond acceptors (Lipinski definition) is 7. The second kappa shape index (κ2) is 9.64. The lowest BCUT2D eigenvalue weighted by atomic mass is 10.1. The van der Waals surface area contributed by atoms with E-state index in [-0.39, 0.29) is 18.4 Å². The molecule has 2 aliphatic heterocycles. The fourth-order valence-electron chi connectivity index (χ4n) is 3.99. The van der Waals surface area contributed by atoms with Gasteiger partial charge in [-0.1, -0.05) is 25.1 Å². The fraction of sp³-hybridized carbons (Fsp3) is 0.391. The minimum atomic E-state index is -0.312. The number of carbonyl (C=O) groups excluding carboxylic acids is 2. The molecule has 2 amide bonds. The first kappa shape index (κ1) is 21.5. The molecular weight excluding hydrogens is 414 g/mol. The molecule has 0 saturated carbocycles. The van der Waals surface area contributed by atoms with E-state index in [0.717, 1.165) is 24.4 Å². The zero-order valence-corrected chi connectivity index (χ0v) is 18.4. The topological polar surface area (TPSA) is 73.3 Å². The fourth-order valence-corrected chi connectivity index (χ4v) is 4.75. The van der Waals surface area contributed by atoms with Crippen LogP contribution >= 0.6 is 11.3 Å². The van der Waals surface area contributed by atoms with Crippen molar-refractivity contribution in [3.8, 4) is 5.75 Å². The van der Waals surface area contributed by atoms with Crippen LogP contribution in [-0.2, 0) is 9.59 Å². The minimum absolute atomic E-state index is 0.114. The Morgan fingerprint density at radius 2 is 1.81 bits per heavy atom. The number of β-amino-alcohol motifs (C(OH)–C–C–N with tert-alkyl or cyclic N) is 1. The van der Waals surface area contributed by atoms with E-state index >= 15 is 0 Å². The van der Waals surface area contributed by atoms with Gasteiger partial charge in [-0.25, -0.2) is 4.90 Å². The summed E-state index contributed by atoms with van der Waals surface area (Å²) in [6, 6.07) is 11.0. The Balaban J connectivity index is 1.70. The molecule has 8 heteroatoms. The van der Waals surface area contributed by atoms with Crippen LogP contribution in [0.25, 0.3) is 5.57 Å². The van der Waals surface area contributed by atoms with E-state index in [9.17, 15) is 14.7 Å². The van der Waals surface area contributed by atoms with Crippen molar-refractivity contribution < 1.29 is 19.4 Å². The van der Waals surface area contributed by atoms with E-state index in [1.54, 1.807) is 12.1 Å². The highest BCUT2D eigenvalue weighted by atomic mass is 32.1. The lowest BCUT2D eigenvalue weighted by Crippen LogP contribution is -2.48. The molecule has 0 aliphatic carbocycles. The molecule has 1 aromatic heterocycles. The molecule has 0 radical (unpaired) electrons. The van der Waals surface area contributed by atoms with Crippen molar-refractivity contribution in [2.24, 2.45) is 0 Å². The number of anilines is 1. The van der Waals surface area contributed by atoms with E-state index in [4.69, 9.17) is 4.74 Å². The van der Waals surface area contributed by atoms with Crippen LogP contribution in [0.3, 0.4) is 0 Å². The zero-order valence-electron chi connectivity index (χ0n) is 17.6. The summed E-state index contributed by atoms with van der Waals surface area (Å²) in [4.78, 5) is 33.5. The molecule has 0 bridgehead atoms. The monoisotopic (exact) mass is 441 g/mol. The molecule has 1 saturated heterocycles. The first-order chi connectivity index (χ1) is 15.2. The number of aliphatic hydroxyl groups is 1. The van der Waals surface area contributed by atoms with Crippen molar-refractivity contribution in [2.45, 2.75) is 13.3 Å². The number of amides is 2. The highest BCUT2D eigenvalue weighted by molar-refractivity contribution is 7.11. The standard InChI is InChI=1S/C23H27N3O4S/c1-2-15-30-18-7-4-3-6-17(18)26-22(28)20(19-8-5-16-31-19)21(23(26)29)25-11-9-24(10-12-25)13-14-27/h3-8,16,27H,2,9-15H2,1H3. The van der Waals surface area contributed by atoms with Gasteiger partial charge in [0.15, 0.2) is 0 Å². The number of thiophene rings is 1. The van der Waals surface area contributed by atoms with E-state index in [1.807, 2.05) is 41.5 Å². The average molecular weight is 442 g/mol. The number of piperazine rings is 1. The third-order valence-corrected chi connectivity index (χ3v) is 6.39. The van der Waals surface area contributed by atoms with Gasteiger partial charge in [-0.15, -0.1) is 11.3 Å². The Morgan fingerprint density at radius 1 is 1.03 bits per heavy atom. The molecule has 0 atom stereocenters. The molecule has 3 heterocycles. The number of hydrogen-bond donors (Lipinski definition) is 1. The second-order valence-corrected chi connectivity index (χ2v) is 8.46. The van der Waals surface area contributed by atoms with Gasteiger partial charge in [0.05, 0.1) is 24.5 Å². The Morgan fingerprint density at radius 3 is 2.48 bits per heavy atom. The summed E-state index contributed by atoms with van der Waals surface area (Å²) in [5.41, 5.74) is 1.40. The van der Waals surface area contributed by atoms with E-state index in [0.29, 0.717) is 48.9 Å². The van der Waals surface area contributed by atoms with Crippen molar-refractivity contribution in [3.63, 3.8) is 0 Å². The van der Waals surface area contributed by atoms with Gasteiger partial charge in [-0.2, -0.15) is 0 Å². The Kier molecular flexibility index (Phi) is 6.70. The molecule has 1 N–H and O–H groups in total. The lowest BCUT2D eigenvalue weighted by Gasteiger charge is -2.36. The number of aliphatic hydroxyl groups excluding tert-OH is 1. The average Bonchev–Trinajstić information content (AvgIpc) is 3.39. The molecule has 7 nitrogen and oxygen atoms in total. The van der Waals surface area contributed by atoms with Crippen LogP contribution in [-0.4, -0.2) is 72.7 Å². The largest absolute Gasteiger partial charge is 0.491 e. The highest BCUT2D eigenvalue weighted by Gasteiger charge is 2.44. The third-order valence-electron chi connectivity index (χ3n) is 5.50. The van der Waals surface area contributed by atoms with Crippen molar-refractivity contribution in [3.05, 3.63) is 52.4 Å². The number of para-hydroxylation sites is 2. The summed E-state index contributed by atoms with van der Waals surface area (Å²) in [5, 5.41) is 11.1. The van der Waals surface area contributed by atoms with E-state index < -0.39 is 0 Å². The molecule has 1 aromatic carbocycles. The summed E-state index contributed by atoms with van der Waals surface area (Å²) in [5.74, 6) is -0.0880. The molecule has 1 fully saturated rings. The summed E-state index contributed by atoms with van der Waals surface area (Å²) in [6.45, 7) is 5.99. The first-order valence-corrected chi connectivity index (χ1v) is 11.5. The van der Waals surface area contributed by atoms with Crippen LogP contribution in [0.1, 0.15) is 18.2 Å². The number of rotatable bonds is 8. The number of imide groups is 1. The quantitative estimate of drug-likeness (QED) is 0.635. The van der Waals surface area contributed by atoms with E-state index in [2.05, 4.69) is 4.90 Å². The Hall–Kier alpha value is -2.68. The maximum absolute atomic E-state index is 13.7. The van der Waals surface area contributed by atoms with Gasteiger partial charge in [-0.05, 0) is 30.0 Å². The summed E-state index contributed by atoms with van der Waals surface area (Å²) >= 11 is 1.46. The van der Waals surface area contributed by atoms with Gasteiger partial charge in [0.1, 0.15) is 11.4 Å². The Labute approximate surface area is 186 Å². The van der Waals surface area contributed by atoms with Crippen molar-refractivity contribution in [1.29, 1.82) is 0 Å². The van der Waals surface area contributed by atoms with Gasteiger partial charge in [0.25, 0.3) is 11.8 Å². The van der Waals surface area contributed by atoms with Gasteiger partial charge in [-0.3, -0.25) is 14.5 Å². The predicted octanol–water partition coefficient (Wildman–Crippen LogP) is 2.43. The Bertz CT molecular complexity index is 965. The lowest BCUT2D eigenvalue weighted by molar-refractivity contribution is -0.120. The van der Waals surface area contributed by atoms with Crippen LogP contribution in [0, 0.1) is 0 Å². The molecule has 164 valence electrons. The molecule has 2 aromatic rings. The van der Waals surface area contributed by atoms with Gasteiger partial charge >= 0.3 is 0 Å². The van der Waals surface area contributed by atoms with E-state index in [1.165, 1.54) is 16.2 Å². The smallest absolute Gasteiger partial charge is 0.282 e. The van der Waals surface area contributed by atoms with Gasteiger partial charge < -0.3 is 14.7 Å². The molecule has 0 spiro atoms. The maximum Gasteiger partial charge on any atom is 0.282 e. The van der Waals surface area contributed by atoms with Crippen molar-refractivity contribution in [1.82, 2.24) is 9.80 Å². The molecule has 2 aliphatic rings. The molecular formula is C23H27N3O4S. The van der Waals surface area contributed by atoms with Gasteiger partial charge in [0.2, 0.25) is 0 Å². The van der Waals surface area contributed by atoms with Crippen LogP contribution in [0.4, 0.5) is 5.69 Å². The number of carbonyl (C=O) groups is 2. The van der Waals surface area contributed by atoms with Crippen LogP contribution in [0.15, 0.2) is 47.5 Å². The SMILES string of the molecule is CCCOc1ccccc1N1C(=O)C(c2cccs2)=C(N2CCN(CCO)CC2)C1=O. The number of nitrogens with zero attached hydrogens (tertiary/aromatic N) is 3. The summed E-state index contributed by atoms with van der Waals surface area (Å²) < 4.78 is 5.84. The van der Waals surface area contributed by atoms with Crippen LogP contribution in [0.5, 0.6) is 5.75 Å². The highest BCUT2D eigenvalue weighted by Crippen LogP contribution is 2.39.